The first kappa shape index (κ1) is 10.6. The lowest BCUT2D eigenvalue weighted by molar-refractivity contribution is 1.43. The smallest absolute Gasteiger partial charge is 0.0580 e. The molecule has 0 aliphatic carbocycles. The molecule has 2 rings (SSSR count). The molecule has 82 valence electrons. The summed E-state index contributed by atoms with van der Waals surface area (Å²) in [5, 5.41) is 3.12. The lowest BCUT2D eigenvalue weighted by Crippen LogP contribution is -1.98. The molecule has 0 amide bonds. The van der Waals surface area contributed by atoms with Gasteiger partial charge in [-0.25, -0.2) is 0 Å². The van der Waals surface area contributed by atoms with Gasteiger partial charge in [0.05, 0.1) is 11.4 Å². The van der Waals surface area contributed by atoms with Crippen LogP contribution in [0.5, 0.6) is 0 Å². The van der Waals surface area contributed by atoms with E-state index in [9.17, 15) is 0 Å². The van der Waals surface area contributed by atoms with Crippen LogP contribution in [-0.4, -0.2) is 7.05 Å². The fourth-order valence-electron chi connectivity index (χ4n) is 1.80. The Morgan fingerprint density at radius 2 is 1.69 bits per heavy atom. The van der Waals surface area contributed by atoms with Crippen molar-refractivity contribution in [3.63, 3.8) is 0 Å². The highest BCUT2D eigenvalue weighted by molar-refractivity contribution is 5.78. The second-order valence-corrected chi connectivity index (χ2v) is 3.87. The normalized spacial score (nSPS) is 10.1. The Kier molecular flexibility index (Phi) is 2.82. The molecule has 0 bridgehead atoms. The van der Waals surface area contributed by atoms with Gasteiger partial charge < -0.3 is 11.1 Å². The Labute approximate surface area is 96.1 Å². The molecule has 2 heteroatoms. The molecule has 0 aliphatic rings. The molecule has 0 saturated carbocycles. The van der Waals surface area contributed by atoms with Gasteiger partial charge >= 0.3 is 0 Å². The molecule has 2 nitrogen and oxygen atoms in total. The van der Waals surface area contributed by atoms with Crippen LogP contribution in [0.1, 0.15) is 5.56 Å². The number of nitrogens with one attached hydrogen (secondary N) is 1. The summed E-state index contributed by atoms with van der Waals surface area (Å²) in [6, 6.07) is 14.5. The summed E-state index contributed by atoms with van der Waals surface area (Å²) in [5.41, 5.74) is 11.3. The van der Waals surface area contributed by atoms with Gasteiger partial charge in [-0.1, -0.05) is 30.3 Å². The summed E-state index contributed by atoms with van der Waals surface area (Å²) in [5.74, 6) is 0. The zero-order chi connectivity index (χ0) is 11.5. The van der Waals surface area contributed by atoms with E-state index in [-0.39, 0.29) is 0 Å². The molecule has 0 aromatic heterocycles. The standard InChI is InChI=1S/C14H16N2/c1-10-8-12(9-13(16-2)14(10)15)11-6-4-3-5-7-11/h3-9,16H,15H2,1-2H3. The monoisotopic (exact) mass is 212 g/mol. The van der Waals surface area contributed by atoms with Crippen LogP contribution in [0.4, 0.5) is 11.4 Å². The van der Waals surface area contributed by atoms with Gasteiger partial charge in [-0.05, 0) is 35.7 Å². The first-order valence-corrected chi connectivity index (χ1v) is 5.35. The van der Waals surface area contributed by atoms with Crippen LogP contribution in [0.15, 0.2) is 42.5 Å². The quantitative estimate of drug-likeness (QED) is 0.750. The zero-order valence-electron chi connectivity index (χ0n) is 9.62. The predicted molar refractivity (Wildman–Crippen MR) is 70.6 cm³/mol. The summed E-state index contributed by atoms with van der Waals surface area (Å²) in [6.07, 6.45) is 0. The van der Waals surface area contributed by atoms with Crippen molar-refractivity contribution in [3.05, 3.63) is 48.0 Å². The number of hydrogen-bond donors (Lipinski definition) is 2. The topological polar surface area (TPSA) is 38.0 Å². The number of aryl methyl sites for hydroxylation is 1. The van der Waals surface area contributed by atoms with Crippen LogP contribution in [0.3, 0.4) is 0 Å². The maximum absolute atomic E-state index is 5.98. The van der Waals surface area contributed by atoms with Crippen LogP contribution in [0.25, 0.3) is 11.1 Å². The highest BCUT2D eigenvalue weighted by atomic mass is 14.8. The fraction of sp³-hybridized carbons (Fsp3) is 0.143. The predicted octanol–water partition coefficient (Wildman–Crippen LogP) is 3.29. The summed E-state index contributed by atoms with van der Waals surface area (Å²) < 4.78 is 0. The molecule has 0 spiro atoms. The van der Waals surface area contributed by atoms with Crippen LogP contribution >= 0.6 is 0 Å². The second kappa shape index (κ2) is 4.27. The van der Waals surface area contributed by atoms with Crippen molar-refractivity contribution in [1.29, 1.82) is 0 Å². The van der Waals surface area contributed by atoms with E-state index >= 15 is 0 Å². The lowest BCUT2D eigenvalue weighted by Gasteiger charge is -2.11. The third-order valence-electron chi connectivity index (χ3n) is 2.76. The van der Waals surface area contributed by atoms with Crippen molar-refractivity contribution in [3.8, 4) is 11.1 Å². The summed E-state index contributed by atoms with van der Waals surface area (Å²) >= 11 is 0. The van der Waals surface area contributed by atoms with Gasteiger partial charge in [0, 0.05) is 7.05 Å². The van der Waals surface area contributed by atoms with Crippen molar-refractivity contribution in [2.45, 2.75) is 6.92 Å². The largest absolute Gasteiger partial charge is 0.397 e. The number of anilines is 2. The minimum atomic E-state index is 0.821. The molecule has 0 atom stereocenters. The molecule has 2 aromatic rings. The summed E-state index contributed by atoms with van der Waals surface area (Å²) in [4.78, 5) is 0. The minimum Gasteiger partial charge on any atom is -0.397 e. The van der Waals surface area contributed by atoms with Crippen molar-refractivity contribution in [1.82, 2.24) is 0 Å². The SMILES string of the molecule is CNc1cc(-c2ccccc2)cc(C)c1N. The van der Waals surface area contributed by atoms with Crippen molar-refractivity contribution >= 4 is 11.4 Å². The van der Waals surface area contributed by atoms with E-state index in [1.54, 1.807) is 0 Å². The highest BCUT2D eigenvalue weighted by Gasteiger charge is 2.05. The van der Waals surface area contributed by atoms with E-state index in [2.05, 4.69) is 29.6 Å². The molecule has 0 unspecified atom stereocenters. The summed E-state index contributed by atoms with van der Waals surface area (Å²) in [6.45, 7) is 2.03. The van der Waals surface area contributed by atoms with Gasteiger partial charge in [-0.3, -0.25) is 0 Å². The van der Waals surface area contributed by atoms with Crippen LogP contribution in [-0.2, 0) is 0 Å². The maximum Gasteiger partial charge on any atom is 0.0580 e. The van der Waals surface area contributed by atoms with E-state index < -0.39 is 0 Å². The molecule has 0 saturated heterocycles. The first-order valence-electron chi connectivity index (χ1n) is 5.35. The molecule has 3 N–H and O–H groups in total. The minimum absolute atomic E-state index is 0.821. The number of rotatable bonds is 2. The van der Waals surface area contributed by atoms with Gasteiger partial charge in [0.15, 0.2) is 0 Å². The number of nitrogens with two attached hydrogens (primary N) is 1. The number of hydrogen-bond acceptors (Lipinski definition) is 2. The number of nitrogen functional groups attached to an aromatic ring is 1. The van der Waals surface area contributed by atoms with Crippen LogP contribution < -0.4 is 11.1 Å². The average Bonchev–Trinajstić information content (AvgIpc) is 2.33. The molecule has 0 fully saturated rings. The molecule has 0 aliphatic heterocycles. The maximum atomic E-state index is 5.98. The molecule has 2 aromatic carbocycles. The van der Waals surface area contributed by atoms with Crippen LogP contribution in [0.2, 0.25) is 0 Å². The Balaban J connectivity index is 2.55. The van der Waals surface area contributed by atoms with E-state index in [1.165, 1.54) is 11.1 Å². The third kappa shape index (κ3) is 1.87. The van der Waals surface area contributed by atoms with Gasteiger partial charge in [-0.15, -0.1) is 0 Å². The summed E-state index contributed by atoms with van der Waals surface area (Å²) in [7, 11) is 1.89. The van der Waals surface area contributed by atoms with E-state index in [0.29, 0.717) is 0 Å². The lowest BCUT2D eigenvalue weighted by atomic mass is 10.0. The Bertz CT molecular complexity index is 490. The molecule has 0 heterocycles. The first-order chi connectivity index (χ1) is 7.72. The van der Waals surface area contributed by atoms with E-state index in [0.717, 1.165) is 16.9 Å². The van der Waals surface area contributed by atoms with Crippen molar-refractivity contribution < 1.29 is 0 Å². The second-order valence-electron chi connectivity index (χ2n) is 3.87. The molecular weight excluding hydrogens is 196 g/mol. The molecule has 0 radical (unpaired) electrons. The third-order valence-corrected chi connectivity index (χ3v) is 2.76. The average molecular weight is 212 g/mol. The Hall–Kier alpha value is -1.96. The van der Waals surface area contributed by atoms with Gasteiger partial charge in [0.1, 0.15) is 0 Å². The zero-order valence-corrected chi connectivity index (χ0v) is 9.62. The van der Waals surface area contributed by atoms with Crippen molar-refractivity contribution in [2.24, 2.45) is 0 Å². The number of benzene rings is 2. The van der Waals surface area contributed by atoms with Crippen molar-refractivity contribution in [2.75, 3.05) is 18.1 Å². The molecular formula is C14H16N2. The Morgan fingerprint density at radius 1 is 1.00 bits per heavy atom. The van der Waals surface area contributed by atoms with Gasteiger partial charge in [-0.2, -0.15) is 0 Å². The van der Waals surface area contributed by atoms with E-state index in [1.807, 2.05) is 32.2 Å². The molecule has 16 heavy (non-hydrogen) atoms. The van der Waals surface area contributed by atoms with Crippen LogP contribution in [0, 0.1) is 6.92 Å². The fourth-order valence-corrected chi connectivity index (χ4v) is 1.80. The highest BCUT2D eigenvalue weighted by Crippen LogP contribution is 2.29. The Morgan fingerprint density at radius 3 is 2.31 bits per heavy atom. The van der Waals surface area contributed by atoms with Gasteiger partial charge in [0.25, 0.3) is 0 Å². The van der Waals surface area contributed by atoms with E-state index in [4.69, 9.17) is 5.73 Å². The van der Waals surface area contributed by atoms with Gasteiger partial charge in [0.2, 0.25) is 0 Å².